The maximum Gasteiger partial charge on any atom is 0.171 e. The molecule has 5 rings (SSSR count). The standard InChI is InChI=1S/C23H25FN6O2/c1-13(31)11-30-15(3)22(14(2)28-30)18-10-25-21(29-12-26-27-23(18)29)7-4-16-17-8-9-32-20(17)6-5-19(16)24/h5-6,10,12-13,31H,4,7-9,11H2,1-3H3/t13-/m0/s1. The minimum Gasteiger partial charge on any atom is -0.493 e. The molecule has 1 aliphatic rings. The molecular formula is C23H25FN6O2. The maximum atomic E-state index is 14.5. The monoisotopic (exact) mass is 436 g/mol. The molecule has 1 aliphatic heterocycles. The molecule has 0 fully saturated rings. The molecule has 4 heterocycles. The van der Waals surface area contributed by atoms with Crippen molar-refractivity contribution >= 4 is 5.65 Å². The summed E-state index contributed by atoms with van der Waals surface area (Å²) < 4.78 is 23.8. The fraction of sp³-hybridized carbons (Fsp3) is 0.391. The van der Waals surface area contributed by atoms with Crippen LogP contribution in [0, 0.1) is 19.7 Å². The molecule has 1 N–H and O–H groups in total. The molecule has 1 atom stereocenters. The van der Waals surface area contributed by atoms with E-state index in [9.17, 15) is 9.50 Å². The fourth-order valence-corrected chi connectivity index (χ4v) is 4.57. The molecule has 0 radical (unpaired) electrons. The van der Waals surface area contributed by atoms with E-state index in [0.29, 0.717) is 37.2 Å². The molecule has 4 aromatic rings. The number of nitrogens with zero attached hydrogens (tertiary/aromatic N) is 6. The number of hydrogen-bond acceptors (Lipinski definition) is 6. The van der Waals surface area contributed by atoms with Crippen LogP contribution < -0.4 is 4.74 Å². The van der Waals surface area contributed by atoms with Crippen LogP contribution in [0.15, 0.2) is 24.7 Å². The van der Waals surface area contributed by atoms with Crippen molar-refractivity contribution in [3.05, 3.63) is 58.8 Å². The van der Waals surface area contributed by atoms with E-state index in [1.165, 1.54) is 6.07 Å². The third-order valence-electron chi connectivity index (χ3n) is 6.04. The van der Waals surface area contributed by atoms with Gasteiger partial charge in [-0.2, -0.15) is 5.10 Å². The molecule has 0 bridgehead atoms. The Morgan fingerprint density at radius 3 is 2.91 bits per heavy atom. The lowest BCUT2D eigenvalue weighted by molar-refractivity contribution is 0.167. The smallest absolute Gasteiger partial charge is 0.171 e. The van der Waals surface area contributed by atoms with Gasteiger partial charge in [0.25, 0.3) is 0 Å². The molecule has 3 aromatic heterocycles. The molecule has 0 amide bonds. The number of hydrogen-bond donors (Lipinski definition) is 1. The number of rotatable bonds is 6. The highest BCUT2D eigenvalue weighted by Crippen LogP contribution is 2.32. The molecule has 0 saturated carbocycles. The van der Waals surface area contributed by atoms with Gasteiger partial charge in [0.2, 0.25) is 0 Å². The lowest BCUT2D eigenvalue weighted by Gasteiger charge is -2.11. The van der Waals surface area contributed by atoms with Crippen LogP contribution in [0.5, 0.6) is 5.75 Å². The fourth-order valence-electron chi connectivity index (χ4n) is 4.57. The second kappa shape index (κ2) is 7.98. The molecular weight excluding hydrogens is 411 g/mol. The first-order valence-electron chi connectivity index (χ1n) is 10.8. The first-order valence-corrected chi connectivity index (χ1v) is 10.8. The van der Waals surface area contributed by atoms with Gasteiger partial charge in [-0.15, -0.1) is 10.2 Å². The number of fused-ring (bicyclic) bond motifs is 2. The number of aromatic nitrogens is 6. The summed E-state index contributed by atoms with van der Waals surface area (Å²) in [5.41, 5.74) is 5.87. The van der Waals surface area contributed by atoms with E-state index in [2.05, 4.69) is 20.3 Å². The Bertz CT molecular complexity index is 1310. The predicted octanol–water partition coefficient (Wildman–Crippen LogP) is 2.84. The summed E-state index contributed by atoms with van der Waals surface area (Å²) in [6, 6.07) is 3.18. The van der Waals surface area contributed by atoms with Crippen LogP contribution >= 0.6 is 0 Å². The zero-order valence-electron chi connectivity index (χ0n) is 18.3. The summed E-state index contributed by atoms with van der Waals surface area (Å²) in [6.45, 7) is 6.65. The molecule has 8 nitrogen and oxygen atoms in total. The van der Waals surface area contributed by atoms with Crippen LogP contribution in [-0.2, 0) is 25.8 Å². The number of aliphatic hydroxyl groups is 1. The van der Waals surface area contributed by atoms with Crippen molar-refractivity contribution in [3.8, 4) is 16.9 Å². The number of aryl methyl sites for hydroxylation is 2. The Hall–Kier alpha value is -3.33. The van der Waals surface area contributed by atoms with Gasteiger partial charge in [0.15, 0.2) is 5.65 Å². The summed E-state index contributed by atoms with van der Waals surface area (Å²) in [5, 5.41) is 22.8. The van der Waals surface area contributed by atoms with E-state index in [1.807, 2.05) is 18.2 Å². The van der Waals surface area contributed by atoms with E-state index in [4.69, 9.17) is 4.74 Å². The Balaban J connectivity index is 1.50. The Morgan fingerprint density at radius 1 is 1.25 bits per heavy atom. The average molecular weight is 436 g/mol. The zero-order valence-corrected chi connectivity index (χ0v) is 18.3. The van der Waals surface area contributed by atoms with Gasteiger partial charge in [-0.25, -0.2) is 9.37 Å². The van der Waals surface area contributed by atoms with Crippen LogP contribution in [0.2, 0.25) is 0 Å². The molecule has 166 valence electrons. The average Bonchev–Trinajstić information content (AvgIpc) is 3.47. The van der Waals surface area contributed by atoms with Gasteiger partial charge in [0.1, 0.15) is 23.7 Å². The van der Waals surface area contributed by atoms with Crippen LogP contribution in [0.1, 0.15) is 35.3 Å². The van der Waals surface area contributed by atoms with Crippen LogP contribution in [0.4, 0.5) is 4.39 Å². The molecule has 0 saturated heterocycles. The molecule has 0 aliphatic carbocycles. The molecule has 9 heteroatoms. The van der Waals surface area contributed by atoms with E-state index in [-0.39, 0.29) is 5.82 Å². The number of ether oxygens (including phenoxy) is 1. The summed E-state index contributed by atoms with van der Waals surface area (Å²) in [7, 11) is 0. The Morgan fingerprint density at radius 2 is 2.09 bits per heavy atom. The van der Waals surface area contributed by atoms with E-state index in [1.54, 1.807) is 30.2 Å². The van der Waals surface area contributed by atoms with Crippen LogP contribution in [-0.4, -0.2) is 47.2 Å². The van der Waals surface area contributed by atoms with Crippen molar-refractivity contribution in [3.63, 3.8) is 0 Å². The van der Waals surface area contributed by atoms with Gasteiger partial charge in [-0.05, 0) is 44.9 Å². The lowest BCUT2D eigenvalue weighted by Crippen LogP contribution is -2.14. The van der Waals surface area contributed by atoms with E-state index < -0.39 is 6.10 Å². The minimum atomic E-state index is -0.500. The van der Waals surface area contributed by atoms with Crippen molar-refractivity contribution in [2.24, 2.45) is 0 Å². The van der Waals surface area contributed by atoms with Gasteiger partial charge in [0.05, 0.1) is 24.9 Å². The van der Waals surface area contributed by atoms with Crippen molar-refractivity contribution in [2.75, 3.05) is 6.61 Å². The number of halogens is 1. The predicted molar refractivity (Wildman–Crippen MR) is 116 cm³/mol. The summed E-state index contributed by atoms with van der Waals surface area (Å²) in [5.74, 6) is 1.33. The number of aliphatic hydroxyl groups excluding tert-OH is 1. The Labute approximate surface area is 184 Å². The SMILES string of the molecule is Cc1nn(C[C@H](C)O)c(C)c1-c1cnc(CCc2c(F)ccc3c2CCO3)n2cnnc12. The van der Waals surface area contributed by atoms with Crippen molar-refractivity contribution in [1.82, 2.24) is 29.4 Å². The van der Waals surface area contributed by atoms with Crippen molar-refractivity contribution in [2.45, 2.75) is 52.7 Å². The first kappa shape index (κ1) is 20.6. The maximum absolute atomic E-state index is 14.5. The van der Waals surface area contributed by atoms with Gasteiger partial charge in [-0.3, -0.25) is 9.08 Å². The molecule has 0 unspecified atom stereocenters. The highest BCUT2D eigenvalue weighted by Gasteiger charge is 2.22. The molecule has 1 aromatic carbocycles. The number of benzene rings is 1. The summed E-state index contributed by atoms with van der Waals surface area (Å²) >= 11 is 0. The summed E-state index contributed by atoms with van der Waals surface area (Å²) in [6.07, 6.45) is 4.72. The zero-order chi connectivity index (χ0) is 22.4. The van der Waals surface area contributed by atoms with Crippen molar-refractivity contribution in [1.29, 1.82) is 0 Å². The second-order valence-electron chi connectivity index (χ2n) is 8.29. The van der Waals surface area contributed by atoms with Gasteiger partial charge in [-0.1, -0.05) is 0 Å². The van der Waals surface area contributed by atoms with Crippen molar-refractivity contribution < 1.29 is 14.2 Å². The van der Waals surface area contributed by atoms with Crippen LogP contribution in [0.25, 0.3) is 16.8 Å². The first-order chi connectivity index (χ1) is 15.4. The van der Waals surface area contributed by atoms with Crippen LogP contribution in [0.3, 0.4) is 0 Å². The van der Waals surface area contributed by atoms with E-state index in [0.717, 1.165) is 46.1 Å². The lowest BCUT2D eigenvalue weighted by atomic mass is 10.00. The largest absolute Gasteiger partial charge is 0.493 e. The third kappa shape index (κ3) is 3.42. The molecule has 0 spiro atoms. The summed E-state index contributed by atoms with van der Waals surface area (Å²) in [4.78, 5) is 4.69. The van der Waals surface area contributed by atoms with Gasteiger partial charge < -0.3 is 9.84 Å². The highest BCUT2D eigenvalue weighted by molar-refractivity contribution is 5.79. The second-order valence-corrected chi connectivity index (χ2v) is 8.29. The Kier molecular flexibility index (Phi) is 5.13. The normalized spacial score (nSPS) is 14.0. The molecule has 32 heavy (non-hydrogen) atoms. The van der Waals surface area contributed by atoms with E-state index >= 15 is 0 Å². The van der Waals surface area contributed by atoms with Gasteiger partial charge >= 0.3 is 0 Å². The highest BCUT2D eigenvalue weighted by atomic mass is 19.1. The topological polar surface area (TPSA) is 90.4 Å². The third-order valence-corrected chi connectivity index (χ3v) is 6.04. The minimum absolute atomic E-state index is 0.206. The quantitative estimate of drug-likeness (QED) is 0.500. The van der Waals surface area contributed by atoms with Gasteiger partial charge in [0, 0.05) is 41.4 Å².